The number of hydrogen-bond donors (Lipinski definition) is 2. The Morgan fingerprint density at radius 2 is 2.09 bits per heavy atom. The maximum atomic E-state index is 10.9. The number of primary amides is 1. The molecule has 1 aliphatic rings. The standard InChI is InChI=1S/C17H22N4O2/c1-11-2-4-12(5-3-11)21-17-14-8-13(23-9-16(18)22)6-7-15(14)19-10-20-17/h6-8,10-12H,2-5,9H2,1H3,(H2,18,22)(H,19,20,21). The summed E-state index contributed by atoms with van der Waals surface area (Å²) in [4.78, 5) is 19.5. The molecule has 3 rings (SSSR count). The maximum Gasteiger partial charge on any atom is 0.255 e. The van der Waals surface area contributed by atoms with Crippen LogP contribution in [0.3, 0.4) is 0 Å². The molecular formula is C17H22N4O2. The van der Waals surface area contributed by atoms with Gasteiger partial charge in [0.05, 0.1) is 5.52 Å². The summed E-state index contributed by atoms with van der Waals surface area (Å²) in [5, 5.41) is 4.43. The normalized spacial score (nSPS) is 21.1. The summed E-state index contributed by atoms with van der Waals surface area (Å²) in [5.74, 6) is 1.72. The first-order chi connectivity index (χ1) is 11.1. The number of nitrogens with two attached hydrogens (primary N) is 1. The fourth-order valence-corrected chi connectivity index (χ4v) is 2.99. The van der Waals surface area contributed by atoms with Crippen molar-refractivity contribution < 1.29 is 9.53 Å². The molecule has 6 nitrogen and oxygen atoms in total. The van der Waals surface area contributed by atoms with Crippen molar-refractivity contribution in [2.45, 2.75) is 38.6 Å². The molecule has 0 aliphatic heterocycles. The lowest BCUT2D eigenvalue weighted by Gasteiger charge is -2.27. The molecule has 0 saturated heterocycles. The van der Waals surface area contributed by atoms with E-state index in [0.717, 1.165) is 35.5 Å². The van der Waals surface area contributed by atoms with Gasteiger partial charge < -0.3 is 15.8 Å². The fourth-order valence-electron chi connectivity index (χ4n) is 2.99. The van der Waals surface area contributed by atoms with Crippen molar-refractivity contribution in [1.29, 1.82) is 0 Å². The van der Waals surface area contributed by atoms with Crippen LogP contribution in [0.2, 0.25) is 0 Å². The Bertz CT molecular complexity index is 696. The monoisotopic (exact) mass is 314 g/mol. The average Bonchev–Trinajstić information content (AvgIpc) is 2.55. The zero-order valence-electron chi connectivity index (χ0n) is 13.3. The van der Waals surface area contributed by atoms with Crippen LogP contribution in [0.15, 0.2) is 24.5 Å². The third-order valence-electron chi connectivity index (χ3n) is 4.34. The Kier molecular flexibility index (Phi) is 4.60. The first-order valence-corrected chi connectivity index (χ1v) is 8.04. The highest BCUT2D eigenvalue weighted by molar-refractivity contribution is 5.90. The molecule has 1 amide bonds. The van der Waals surface area contributed by atoms with Gasteiger partial charge in [-0.2, -0.15) is 0 Å². The lowest BCUT2D eigenvalue weighted by atomic mass is 9.87. The number of benzene rings is 1. The molecule has 6 heteroatoms. The molecule has 23 heavy (non-hydrogen) atoms. The van der Waals surface area contributed by atoms with Gasteiger partial charge in [-0.15, -0.1) is 0 Å². The number of nitrogens with zero attached hydrogens (tertiary/aromatic N) is 2. The summed E-state index contributed by atoms with van der Waals surface area (Å²) in [6.45, 7) is 2.17. The van der Waals surface area contributed by atoms with Crippen molar-refractivity contribution in [1.82, 2.24) is 9.97 Å². The predicted molar refractivity (Wildman–Crippen MR) is 89.3 cm³/mol. The molecule has 1 aliphatic carbocycles. The van der Waals surface area contributed by atoms with E-state index in [-0.39, 0.29) is 6.61 Å². The largest absolute Gasteiger partial charge is 0.484 e. The van der Waals surface area contributed by atoms with E-state index in [4.69, 9.17) is 10.5 Å². The number of carbonyl (C=O) groups is 1. The Balaban J connectivity index is 1.81. The number of fused-ring (bicyclic) bond motifs is 1. The van der Waals surface area contributed by atoms with E-state index in [1.165, 1.54) is 12.8 Å². The highest BCUT2D eigenvalue weighted by atomic mass is 16.5. The topological polar surface area (TPSA) is 90.1 Å². The molecule has 3 N–H and O–H groups in total. The quantitative estimate of drug-likeness (QED) is 0.885. The number of carbonyl (C=O) groups excluding carboxylic acids is 1. The molecule has 0 spiro atoms. The van der Waals surface area contributed by atoms with Crippen LogP contribution in [0.4, 0.5) is 5.82 Å². The fraction of sp³-hybridized carbons (Fsp3) is 0.471. The third kappa shape index (κ3) is 3.88. The average molecular weight is 314 g/mol. The second-order valence-corrected chi connectivity index (χ2v) is 6.26. The Morgan fingerprint density at radius 3 is 2.83 bits per heavy atom. The Hall–Kier alpha value is -2.37. The molecule has 1 aromatic heterocycles. The number of anilines is 1. The minimum absolute atomic E-state index is 0.136. The summed E-state index contributed by atoms with van der Waals surface area (Å²) >= 11 is 0. The summed E-state index contributed by atoms with van der Waals surface area (Å²) in [6, 6.07) is 5.94. The Morgan fingerprint density at radius 1 is 1.30 bits per heavy atom. The summed E-state index contributed by atoms with van der Waals surface area (Å²) in [7, 11) is 0. The number of nitrogens with one attached hydrogen (secondary N) is 1. The predicted octanol–water partition coefficient (Wildman–Crippen LogP) is 2.48. The lowest BCUT2D eigenvalue weighted by molar-refractivity contribution is -0.119. The van der Waals surface area contributed by atoms with Gasteiger partial charge in [0.2, 0.25) is 0 Å². The van der Waals surface area contributed by atoms with Gasteiger partial charge in [0.1, 0.15) is 17.9 Å². The van der Waals surface area contributed by atoms with E-state index in [0.29, 0.717) is 11.8 Å². The second-order valence-electron chi connectivity index (χ2n) is 6.26. The minimum atomic E-state index is -0.496. The van der Waals surface area contributed by atoms with Gasteiger partial charge >= 0.3 is 0 Å². The first-order valence-electron chi connectivity index (χ1n) is 8.04. The van der Waals surface area contributed by atoms with Crippen LogP contribution in [-0.4, -0.2) is 28.5 Å². The molecule has 122 valence electrons. The second kappa shape index (κ2) is 6.81. The van der Waals surface area contributed by atoms with Gasteiger partial charge in [-0.1, -0.05) is 6.92 Å². The number of ether oxygens (including phenoxy) is 1. The molecule has 0 radical (unpaired) electrons. The summed E-state index contributed by atoms with van der Waals surface area (Å²) in [6.07, 6.45) is 6.37. The molecule has 0 atom stereocenters. The Labute approximate surface area is 135 Å². The van der Waals surface area contributed by atoms with Crippen molar-refractivity contribution in [3.05, 3.63) is 24.5 Å². The molecule has 0 unspecified atom stereocenters. The van der Waals surface area contributed by atoms with E-state index >= 15 is 0 Å². The van der Waals surface area contributed by atoms with Gasteiger partial charge in [-0.05, 0) is 49.8 Å². The van der Waals surface area contributed by atoms with Crippen LogP contribution in [-0.2, 0) is 4.79 Å². The van der Waals surface area contributed by atoms with Crippen LogP contribution < -0.4 is 15.8 Å². The highest BCUT2D eigenvalue weighted by Crippen LogP contribution is 2.29. The van der Waals surface area contributed by atoms with Gasteiger partial charge in [-0.25, -0.2) is 9.97 Å². The smallest absolute Gasteiger partial charge is 0.255 e. The number of aromatic nitrogens is 2. The summed E-state index contributed by atoms with van der Waals surface area (Å²) < 4.78 is 5.38. The van der Waals surface area contributed by atoms with E-state index in [1.807, 2.05) is 12.1 Å². The van der Waals surface area contributed by atoms with Gasteiger partial charge in [0.15, 0.2) is 6.61 Å². The molecule has 1 fully saturated rings. The zero-order chi connectivity index (χ0) is 16.2. The minimum Gasteiger partial charge on any atom is -0.484 e. The lowest BCUT2D eigenvalue weighted by Crippen LogP contribution is -2.25. The van der Waals surface area contributed by atoms with Crippen LogP contribution in [0.25, 0.3) is 10.9 Å². The molecule has 2 aromatic rings. The first kappa shape index (κ1) is 15.5. The van der Waals surface area contributed by atoms with E-state index < -0.39 is 5.91 Å². The van der Waals surface area contributed by atoms with Gasteiger partial charge in [0, 0.05) is 11.4 Å². The van der Waals surface area contributed by atoms with Crippen LogP contribution in [0.1, 0.15) is 32.6 Å². The van der Waals surface area contributed by atoms with Crippen LogP contribution >= 0.6 is 0 Å². The van der Waals surface area contributed by atoms with E-state index in [2.05, 4.69) is 22.2 Å². The number of hydrogen-bond acceptors (Lipinski definition) is 5. The zero-order valence-corrected chi connectivity index (χ0v) is 13.3. The third-order valence-corrected chi connectivity index (χ3v) is 4.34. The maximum absolute atomic E-state index is 10.9. The SMILES string of the molecule is CC1CCC(Nc2ncnc3ccc(OCC(N)=O)cc23)CC1. The molecule has 1 heterocycles. The van der Waals surface area contributed by atoms with Gasteiger partial charge in [-0.3, -0.25) is 4.79 Å². The van der Waals surface area contributed by atoms with Crippen molar-refractivity contribution in [3.8, 4) is 5.75 Å². The number of rotatable bonds is 5. The molecular weight excluding hydrogens is 292 g/mol. The molecule has 1 saturated carbocycles. The van der Waals surface area contributed by atoms with E-state index in [1.54, 1.807) is 12.4 Å². The summed E-state index contributed by atoms with van der Waals surface area (Å²) in [5.41, 5.74) is 5.96. The highest BCUT2D eigenvalue weighted by Gasteiger charge is 2.19. The van der Waals surface area contributed by atoms with Crippen LogP contribution in [0.5, 0.6) is 5.75 Å². The van der Waals surface area contributed by atoms with Gasteiger partial charge in [0.25, 0.3) is 5.91 Å². The number of amides is 1. The van der Waals surface area contributed by atoms with Crippen LogP contribution in [0, 0.1) is 5.92 Å². The van der Waals surface area contributed by atoms with Crippen molar-refractivity contribution >= 4 is 22.6 Å². The molecule has 0 bridgehead atoms. The van der Waals surface area contributed by atoms with Crippen molar-refractivity contribution in [3.63, 3.8) is 0 Å². The van der Waals surface area contributed by atoms with E-state index in [9.17, 15) is 4.79 Å². The van der Waals surface area contributed by atoms with Crippen molar-refractivity contribution in [2.24, 2.45) is 11.7 Å². The van der Waals surface area contributed by atoms with Crippen molar-refractivity contribution in [2.75, 3.05) is 11.9 Å². The molecule has 1 aromatic carbocycles.